The summed E-state index contributed by atoms with van der Waals surface area (Å²) in [6.45, 7) is 1.84. The first-order chi connectivity index (χ1) is 13.9. The first kappa shape index (κ1) is 20.3. The monoisotopic (exact) mass is 411 g/mol. The number of thiazole rings is 1. The van der Waals surface area contributed by atoms with Gasteiger partial charge in [-0.25, -0.2) is 4.98 Å². The fourth-order valence-corrected chi connectivity index (χ4v) is 3.41. The summed E-state index contributed by atoms with van der Waals surface area (Å²) in [5, 5.41) is 5.08. The van der Waals surface area contributed by atoms with Gasteiger partial charge < -0.3 is 15.2 Å². The molecule has 7 nitrogen and oxygen atoms in total. The number of rotatable bonds is 8. The largest absolute Gasteiger partial charge is 0.496 e. The van der Waals surface area contributed by atoms with E-state index < -0.39 is 5.91 Å². The Bertz CT molecular complexity index is 1020. The second kappa shape index (κ2) is 9.20. The second-order valence-corrected chi connectivity index (χ2v) is 7.22. The van der Waals surface area contributed by atoms with Crippen molar-refractivity contribution in [1.29, 1.82) is 0 Å². The quantitative estimate of drug-likeness (QED) is 0.593. The molecule has 0 aliphatic carbocycles. The number of nitrogens with one attached hydrogen (secondary N) is 1. The van der Waals surface area contributed by atoms with Gasteiger partial charge >= 0.3 is 0 Å². The number of amides is 2. The van der Waals surface area contributed by atoms with Gasteiger partial charge in [-0.15, -0.1) is 11.3 Å². The molecule has 0 unspecified atom stereocenters. The molecule has 0 fully saturated rings. The van der Waals surface area contributed by atoms with E-state index in [2.05, 4.69) is 10.3 Å². The van der Waals surface area contributed by atoms with Gasteiger partial charge in [-0.1, -0.05) is 23.8 Å². The minimum Gasteiger partial charge on any atom is -0.496 e. The number of aromatic nitrogens is 1. The lowest BCUT2D eigenvalue weighted by molar-refractivity contribution is -0.118. The molecule has 3 aromatic rings. The number of anilines is 1. The van der Waals surface area contributed by atoms with Crippen molar-refractivity contribution >= 4 is 28.3 Å². The van der Waals surface area contributed by atoms with Crippen LogP contribution in [0.3, 0.4) is 0 Å². The molecule has 150 valence electrons. The number of aryl methyl sites for hydroxylation is 1. The van der Waals surface area contributed by atoms with E-state index in [4.69, 9.17) is 15.2 Å². The molecule has 0 saturated heterocycles. The molecule has 3 rings (SSSR count). The summed E-state index contributed by atoms with van der Waals surface area (Å²) in [5.74, 6) is 0.534. The molecule has 0 atom stereocenters. The van der Waals surface area contributed by atoms with E-state index in [0.717, 1.165) is 28.1 Å². The number of carbonyl (C=O) groups excluding carboxylic acids is 2. The third kappa shape index (κ3) is 5.55. The van der Waals surface area contributed by atoms with Crippen molar-refractivity contribution in [3.8, 4) is 22.8 Å². The van der Waals surface area contributed by atoms with Crippen molar-refractivity contribution < 1.29 is 19.1 Å². The van der Waals surface area contributed by atoms with Gasteiger partial charge in [-0.3, -0.25) is 14.9 Å². The zero-order valence-corrected chi connectivity index (χ0v) is 16.9. The fourth-order valence-electron chi connectivity index (χ4n) is 2.69. The molecule has 8 heteroatoms. The number of nitrogens with two attached hydrogens (primary N) is 1. The van der Waals surface area contributed by atoms with Crippen molar-refractivity contribution in [2.45, 2.75) is 13.3 Å². The van der Waals surface area contributed by atoms with E-state index >= 15 is 0 Å². The van der Waals surface area contributed by atoms with E-state index in [1.54, 1.807) is 31.4 Å². The molecule has 1 heterocycles. The van der Waals surface area contributed by atoms with Crippen LogP contribution in [0.2, 0.25) is 0 Å². The van der Waals surface area contributed by atoms with Gasteiger partial charge in [0.1, 0.15) is 11.5 Å². The first-order valence-corrected chi connectivity index (χ1v) is 9.73. The number of benzene rings is 2. The highest BCUT2D eigenvalue weighted by Crippen LogP contribution is 2.32. The van der Waals surface area contributed by atoms with Crippen LogP contribution in [0.1, 0.15) is 11.1 Å². The summed E-state index contributed by atoms with van der Waals surface area (Å²) >= 11 is 1.33. The molecule has 2 aromatic carbocycles. The highest BCUT2D eigenvalue weighted by Gasteiger charge is 2.12. The van der Waals surface area contributed by atoms with Gasteiger partial charge in [0.25, 0.3) is 5.91 Å². The Morgan fingerprint density at radius 3 is 2.62 bits per heavy atom. The lowest BCUT2D eigenvalue weighted by atomic mass is 10.1. The summed E-state index contributed by atoms with van der Waals surface area (Å²) in [6, 6.07) is 12.7. The molecule has 2 amide bonds. The maximum absolute atomic E-state index is 12.2. The molecular formula is C21H21N3O4S. The minimum atomic E-state index is -0.399. The van der Waals surface area contributed by atoms with Crippen LogP contribution >= 0.6 is 11.3 Å². The van der Waals surface area contributed by atoms with E-state index in [1.807, 2.05) is 30.5 Å². The van der Waals surface area contributed by atoms with Gasteiger partial charge in [0.2, 0.25) is 5.91 Å². The summed E-state index contributed by atoms with van der Waals surface area (Å²) < 4.78 is 10.9. The number of methoxy groups -OCH3 is 1. The Hall–Kier alpha value is -3.39. The van der Waals surface area contributed by atoms with Gasteiger partial charge in [0.15, 0.2) is 11.7 Å². The minimum absolute atomic E-state index is 0.155. The van der Waals surface area contributed by atoms with Crippen molar-refractivity contribution in [1.82, 2.24) is 4.98 Å². The number of hydrogen-bond acceptors (Lipinski definition) is 6. The van der Waals surface area contributed by atoms with Crippen LogP contribution in [0.15, 0.2) is 47.8 Å². The average molecular weight is 411 g/mol. The SMILES string of the molecule is COc1ccc(C)cc1-c1csc(NC(=O)COc2ccc(CC(N)=O)cc2)n1. The van der Waals surface area contributed by atoms with E-state index in [9.17, 15) is 9.59 Å². The van der Waals surface area contributed by atoms with Crippen LogP contribution in [0.4, 0.5) is 5.13 Å². The summed E-state index contributed by atoms with van der Waals surface area (Å²) in [7, 11) is 1.61. The topological polar surface area (TPSA) is 104 Å². The Morgan fingerprint density at radius 2 is 1.93 bits per heavy atom. The molecule has 1 aromatic heterocycles. The number of primary amides is 1. The number of nitrogens with zero attached hydrogens (tertiary/aromatic N) is 1. The predicted molar refractivity (Wildman–Crippen MR) is 112 cm³/mol. The maximum atomic E-state index is 12.2. The summed E-state index contributed by atoms with van der Waals surface area (Å²) in [4.78, 5) is 27.6. The van der Waals surface area contributed by atoms with Gasteiger partial charge in [-0.05, 0) is 36.8 Å². The molecule has 0 spiro atoms. The Kier molecular flexibility index (Phi) is 6.46. The van der Waals surface area contributed by atoms with Crippen molar-refractivity contribution in [3.05, 3.63) is 59.0 Å². The third-order valence-electron chi connectivity index (χ3n) is 4.05. The van der Waals surface area contributed by atoms with Crippen molar-refractivity contribution in [2.75, 3.05) is 19.0 Å². The molecule has 0 radical (unpaired) electrons. The smallest absolute Gasteiger partial charge is 0.264 e. The molecule has 0 aliphatic heterocycles. The van der Waals surface area contributed by atoms with E-state index in [0.29, 0.717) is 10.9 Å². The lowest BCUT2D eigenvalue weighted by Gasteiger charge is -2.07. The molecule has 3 N–H and O–H groups in total. The zero-order chi connectivity index (χ0) is 20.8. The summed E-state index contributed by atoms with van der Waals surface area (Å²) in [5.41, 5.74) is 8.65. The average Bonchev–Trinajstić information content (AvgIpc) is 3.15. The first-order valence-electron chi connectivity index (χ1n) is 8.85. The Balaban J connectivity index is 1.58. The van der Waals surface area contributed by atoms with E-state index in [1.165, 1.54) is 11.3 Å². The fraction of sp³-hybridized carbons (Fsp3) is 0.190. The molecule has 0 saturated carbocycles. The Labute approximate surface area is 172 Å². The molecule has 0 bridgehead atoms. The highest BCUT2D eigenvalue weighted by molar-refractivity contribution is 7.14. The van der Waals surface area contributed by atoms with Gasteiger partial charge in [0, 0.05) is 10.9 Å². The van der Waals surface area contributed by atoms with Crippen molar-refractivity contribution in [3.63, 3.8) is 0 Å². The van der Waals surface area contributed by atoms with Crippen LogP contribution in [-0.4, -0.2) is 30.5 Å². The van der Waals surface area contributed by atoms with Crippen LogP contribution in [0, 0.1) is 6.92 Å². The van der Waals surface area contributed by atoms with E-state index in [-0.39, 0.29) is 18.9 Å². The molecular weight excluding hydrogens is 390 g/mol. The number of carbonyl (C=O) groups is 2. The normalized spacial score (nSPS) is 10.4. The predicted octanol–water partition coefficient (Wildman–Crippen LogP) is 3.17. The lowest BCUT2D eigenvalue weighted by Crippen LogP contribution is -2.20. The molecule has 0 aliphatic rings. The van der Waals surface area contributed by atoms with Crippen molar-refractivity contribution in [2.24, 2.45) is 5.73 Å². The second-order valence-electron chi connectivity index (χ2n) is 6.37. The van der Waals surface area contributed by atoms with Crippen LogP contribution in [-0.2, 0) is 16.0 Å². The number of ether oxygens (including phenoxy) is 2. The highest BCUT2D eigenvalue weighted by atomic mass is 32.1. The zero-order valence-electron chi connectivity index (χ0n) is 16.1. The number of hydrogen-bond donors (Lipinski definition) is 2. The third-order valence-corrected chi connectivity index (χ3v) is 4.81. The summed E-state index contributed by atoms with van der Waals surface area (Å²) in [6.07, 6.45) is 0.166. The van der Waals surface area contributed by atoms with Crippen LogP contribution < -0.4 is 20.5 Å². The van der Waals surface area contributed by atoms with Crippen LogP contribution in [0.25, 0.3) is 11.3 Å². The Morgan fingerprint density at radius 1 is 1.17 bits per heavy atom. The maximum Gasteiger partial charge on any atom is 0.264 e. The standard InChI is InChI=1S/C21H21N3O4S/c1-13-3-8-18(27-2)16(9-13)17-12-29-21(23-17)24-20(26)11-28-15-6-4-14(5-7-15)10-19(22)25/h3-9,12H,10-11H2,1-2H3,(H2,22,25)(H,23,24,26). The van der Waals surface area contributed by atoms with Crippen LogP contribution in [0.5, 0.6) is 11.5 Å². The van der Waals surface area contributed by atoms with Gasteiger partial charge in [0.05, 0.1) is 19.2 Å². The molecule has 29 heavy (non-hydrogen) atoms. The van der Waals surface area contributed by atoms with Gasteiger partial charge in [-0.2, -0.15) is 0 Å².